The lowest BCUT2D eigenvalue weighted by molar-refractivity contribution is -0.139. The molecule has 0 bridgehead atoms. The summed E-state index contributed by atoms with van der Waals surface area (Å²) < 4.78 is 5.01. The van der Waals surface area contributed by atoms with E-state index in [9.17, 15) is 14.7 Å². The predicted molar refractivity (Wildman–Crippen MR) is 77.6 cm³/mol. The molecular formula is C16H17NO4. The van der Waals surface area contributed by atoms with Gasteiger partial charge in [-0.05, 0) is 49.9 Å². The van der Waals surface area contributed by atoms with Gasteiger partial charge in [-0.1, -0.05) is 0 Å². The molecule has 0 spiro atoms. The number of nitrogens with one attached hydrogen (secondary N) is 1. The van der Waals surface area contributed by atoms with Crippen LogP contribution in [-0.2, 0) is 16.0 Å². The third kappa shape index (κ3) is 2.28. The quantitative estimate of drug-likeness (QED) is 0.851. The van der Waals surface area contributed by atoms with Gasteiger partial charge in [0, 0.05) is 16.6 Å². The molecule has 1 aliphatic carbocycles. The van der Waals surface area contributed by atoms with E-state index in [4.69, 9.17) is 4.74 Å². The number of esters is 1. The molecule has 0 unspecified atom stereocenters. The first-order valence-corrected chi connectivity index (χ1v) is 7.16. The zero-order chi connectivity index (χ0) is 15.0. The number of ether oxygens (including phenoxy) is 1. The van der Waals surface area contributed by atoms with Gasteiger partial charge < -0.3 is 14.8 Å². The first-order chi connectivity index (χ1) is 10.1. The van der Waals surface area contributed by atoms with Crippen LogP contribution in [0.4, 0.5) is 0 Å². The molecule has 21 heavy (non-hydrogen) atoms. The normalized spacial score (nSPS) is 17.5. The number of carbonyl (C=O) groups is 2. The number of carbonyl (C=O) groups excluding carboxylic acids is 1. The lowest BCUT2D eigenvalue weighted by Gasteiger charge is -2.18. The van der Waals surface area contributed by atoms with E-state index in [1.165, 1.54) is 0 Å². The van der Waals surface area contributed by atoms with Gasteiger partial charge in [0.05, 0.1) is 18.1 Å². The molecule has 2 aromatic rings. The molecule has 1 aromatic heterocycles. The van der Waals surface area contributed by atoms with Gasteiger partial charge in [-0.3, -0.25) is 4.79 Å². The monoisotopic (exact) mass is 287 g/mol. The Hall–Kier alpha value is -2.30. The Morgan fingerprint density at radius 1 is 1.43 bits per heavy atom. The smallest absolute Gasteiger partial charge is 0.338 e. The lowest BCUT2D eigenvalue weighted by atomic mass is 9.87. The highest BCUT2D eigenvalue weighted by atomic mass is 16.5. The van der Waals surface area contributed by atoms with Gasteiger partial charge >= 0.3 is 11.9 Å². The topological polar surface area (TPSA) is 79.4 Å². The summed E-state index contributed by atoms with van der Waals surface area (Å²) in [6.07, 6.45) is 2.34. The van der Waals surface area contributed by atoms with Crippen molar-refractivity contribution in [3.63, 3.8) is 0 Å². The highest BCUT2D eigenvalue weighted by Gasteiger charge is 2.29. The van der Waals surface area contributed by atoms with Crippen LogP contribution in [0.15, 0.2) is 18.2 Å². The van der Waals surface area contributed by atoms with Crippen LogP contribution in [0.5, 0.6) is 0 Å². The number of aliphatic carboxylic acids is 1. The first kappa shape index (κ1) is 13.7. The number of hydrogen-bond donors (Lipinski definition) is 2. The molecule has 3 rings (SSSR count). The van der Waals surface area contributed by atoms with Gasteiger partial charge in [0.15, 0.2) is 0 Å². The van der Waals surface area contributed by atoms with Crippen LogP contribution in [0.1, 0.15) is 47.3 Å². The van der Waals surface area contributed by atoms with E-state index in [2.05, 4.69) is 4.98 Å². The number of H-pyrrole nitrogens is 1. The van der Waals surface area contributed by atoms with E-state index in [0.717, 1.165) is 35.0 Å². The van der Waals surface area contributed by atoms with Crippen molar-refractivity contribution in [1.82, 2.24) is 4.98 Å². The molecule has 1 aliphatic rings. The van der Waals surface area contributed by atoms with Gasteiger partial charge in [-0.25, -0.2) is 4.79 Å². The van der Waals surface area contributed by atoms with Crippen molar-refractivity contribution in [2.45, 2.75) is 32.1 Å². The summed E-state index contributed by atoms with van der Waals surface area (Å²) in [5, 5.41) is 10.3. The molecule has 1 heterocycles. The van der Waals surface area contributed by atoms with Crippen LogP contribution in [-0.4, -0.2) is 28.6 Å². The van der Waals surface area contributed by atoms with E-state index in [-0.39, 0.29) is 5.97 Å². The van der Waals surface area contributed by atoms with Crippen LogP contribution in [0.3, 0.4) is 0 Å². The number of fused-ring (bicyclic) bond motifs is 3. The van der Waals surface area contributed by atoms with Crippen molar-refractivity contribution in [1.29, 1.82) is 0 Å². The second kappa shape index (κ2) is 5.24. The summed E-state index contributed by atoms with van der Waals surface area (Å²) in [6, 6.07) is 5.32. The molecule has 1 aromatic carbocycles. The average molecular weight is 287 g/mol. The average Bonchev–Trinajstić information content (AvgIpc) is 2.84. The van der Waals surface area contributed by atoms with Gasteiger partial charge in [0.2, 0.25) is 0 Å². The highest BCUT2D eigenvalue weighted by Crippen LogP contribution is 2.36. The second-order valence-corrected chi connectivity index (χ2v) is 5.28. The fourth-order valence-electron chi connectivity index (χ4n) is 3.05. The fraction of sp³-hybridized carbons (Fsp3) is 0.375. The third-order valence-electron chi connectivity index (χ3n) is 4.02. The number of benzene rings is 1. The largest absolute Gasteiger partial charge is 0.481 e. The summed E-state index contributed by atoms with van der Waals surface area (Å²) >= 11 is 0. The highest BCUT2D eigenvalue weighted by molar-refractivity contribution is 5.97. The summed E-state index contributed by atoms with van der Waals surface area (Å²) in [5.41, 5.74) is 3.18. The Morgan fingerprint density at radius 3 is 2.95 bits per heavy atom. The van der Waals surface area contributed by atoms with E-state index < -0.39 is 11.9 Å². The van der Waals surface area contributed by atoms with Crippen LogP contribution < -0.4 is 0 Å². The summed E-state index contributed by atoms with van der Waals surface area (Å²) in [7, 11) is 0. The Morgan fingerprint density at radius 2 is 2.24 bits per heavy atom. The molecule has 110 valence electrons. The molecule has 0 radical (unpaired) electrons. The van der Waals surface area contributed by atoms with E-state index in [1.54, 1.807) is 19.1 Å². The number of aromatic amines is 1. The van der Waals surface area contributed by atoms with Crippen LogP contribution in [0.2, 0.25) is 0 Å². The number of hydrogen-bond acceptors (Lipinski definition) is 3. The van der Waals surface area contributed by atoms with Gasteiger partial charge in [0.25, 0.3) is 0 Å². The van der Waals surface area contributed by atoms with Crippen molar-refractivity contribution < 1.29 is 19.4 Å². The van der Waals surface area contributed by atoms with E-state index in [1.807, 2.05) is 6.07 Å². The van der Waals surface area contributed by atoms with Gasteiger partial charge in [0.1, 0.15) is 0 Å². The molecule has 0 saturated carbocycles. The molecule has 0 amide bonds. The van der Waals surface area contributed by atoms with E-state index in [0.29, 0.717) is 18.6 Å². The Labute approximate surface area is 121 Å². The minimum absolute atomic E-state index is 0.337. The molecule has 5 nitrogen and oxygen atoms in total. The Kier molecular flexibility index (Phi) is 3.41. The van der Waals surface area contributed by atoms with Crippen molar-refractivity contribution >= 4 is 22.8 Å². The standard InChI is InChI=1S/C16H17NO4/c1-2-21-16(20)9-6-7-13-12(8-9)10-4-3-5-11(15(18)19)14(10)17-13/h6-8,11,17H,2-5H2,1H3,(H,18,19)/t11-/m0/s1. The number of carboxylic acids is 1. The van der Waals surface area contributed by atoms with Crippen molar-refractivity contribution in [2.24, 2.45) is 0 Å². The summed E-state index contributed by atoms with van der Waals surface area (Å²) in [6.45, 7) is 2.11. The lowest BCUT2D eigenvalue weighted by Crippen LogP contribution is -2.17. The summed E-state index contributed by atoms with van der Waals surface area (Å²) in [4.78, 5) is 26.4. The van der Waals surface area contributed by atoms with Crippen molar-refractivity contribution in [3.8, 4) is 0 Å². The van der Waals surface area contributed by atoms with Gasteiger partial charge in [-0.2, -0.15) is 0 Å². The molecule has 0 aliphatic heterocycles. The number of aromatic nitrogens is 1. The van der Waals surface area contributed by atoms with Gasteiger partial charge in [-0.15, -0.1) is 0 Å². The Balaban J connectivity index is 2.10. The molecule has 5 heteroatoms. The van der Waals surface area contributed by atoms with Crippen LogP contribution >= 0.6 is 0 Å². The summed E-state index contributed by atoms with van der Waals surface area (Å²) in [5.74, 6) is -1.62. The maximum Gasteiger partial charge on any atom is 0.338 e. The molecule has 1 atom stereocenters. The molecule has 0 saturated heterocycles. The van der Waals surface area contributed by atoms with Crippen LogP contribution in [0, 0.1) is 0 Å². The van der Waals surface area contributed by atoms with Crippen molar-refractivity contribution in [3.05, 3.63) is 35.0 Å². The SMILES string of the molecule is CCOC(=O)c1ccc2[nH]c3c(c2c1)CCC[C@@H]3C(=O)O. The Bertz CT molecular complexity index is 716. The molecule has 0 fully saturated rings. The molecular weight excluding hydrogens is 270 g/mol. The predicted octanol–water partition coefficient (Wildman–Crippen LogP) is 2.85. The number of aryl methyl sites for hydroxylation is 1. The maximum absolute atomic E-state index is 11.8. The zero-order valence-corrected chi connectivity index (χ0v) is 11.8. The van der Waals surface area contributed by atoms with Crippen molar-refractivity contribution in [2.75, 3.05) is 6.61 Å². The number of rotatable bonds is 3. The first-order valence-electron chi connectivity index (χ1n) is 7.16. The maximum atomic E-state index is 11.8. The second-order valence-electron chi connectivity index (χ2n) is 5.28. The molecule has 2 N–H and O–H groups in total. The minimum atomic E-state index is -0.798. The zero-order valence-electron chi connectivity index (χ0n) is 11.8. The third-order valence-corrected chi connectivity index (χ3v) is 4.02. The van der Waals surface area contributed by atoms with Crippen LogP contribution in [0.25, 0.3) is 10.9 Å². The number of carboxylic acid groups (broad SMARTS) is 1. The minimum Gasteiger partial charge on any atom is -0.481 e. The van der Waals surface area contributed by atoms with E-state index >= 15 is 0 Å². The fourth-order valence-corrected chi connectivity index (χ4v) is 3.05.